The Balaban J connectivity index is 1.79. The van der Waals surface area contributed by atoms with Crippen LogP contribution in [0, 0.1) is 0 Å². The van der Waals surface area contributed by atoms with Crippen LogP contribution in [0.25, 0.3) is 0 Å². The monoisotopic (exact) mass is 316 g/mol. The van der Waals surface area contributed by atoms with Crippen molar-refractivity contribution in [3.63, 3.8) is 0 Å². The summed E-state index contributed by atoms with van der Waals surface area (Å²) in [6, 6.07) is 14.0. The standard InChI is InChI=1S/C17H17ClN2O2/c1-12(21)14-5-7-16(8-6-14)20-17(22)19-10-9-13-3-2-4-15(18)11-13/h2-8,11H,9-10H2,1H3,(H2,19,20,22). The third-order valence-electron chi connectivity index (χ3n) is 3.14. The van der Waals surface area contributed by atoms with Gasteiger partial charge in [0, 0.05) is 22.8 Å². The van der Waals surface area contributed by atoms with Gasteiger partial charge < -0.3 is 10.6 Å². The molecule has 4 nitrogen and oxygen atoms in total. The summed E-state index contributed by atoms with van der Waals surface area (Å²) in [6.07, 6.45) is 0.706. The van der Waals surface area contributed by atoms with E-state index >= 15 is 0 Å². The minimum atomic E-state index is -0.280. The van der Waals surface area contributed by atoms with Crippen LogP contribution in [0.2, 0.25) is 5.02 Å². The largest absolute Gasteiger partial charge is 0.338 e. The molecule has 0 saturated carbocycles. The molecule has 0 spiro atoms. The molecule has 0 fully saturated rings. The van der Waals surface area contributed by atoms with E-state index in [1.165, 1.54) is 6.92 Å². The van der Waals surface area contributed by atoms with E-state index in [9.17, 15) is 9.59 Å². The lowest BCUT2D eigenvalue weighted by molar-refractivity contribution is 0.101. The first-order valence-corrected chi connectivity index (χ1v) is 7.33. The third kappa shape index (κ3) is 4.90. The number of hydrogen-bond acceptors (Lipinski definition) is 2. The van der Waals surface area contributed by atoms with Crippen molar-refractivity contribution in [1.29, 1.82) is 0 Å². The molecule has 0 aliphatic carbocycles. The first-order chi connectivity index (χ1) is 10.5. The number of carbonyl (C=O) groups is 2. The van der Waals surface area contributed by atoms with E-state index in [0.29, 0.717) is 29.2 Å². The van der Waals surface area contributed by atoms with E-state index < -0.39 is 0 Å². The van der Waals surface area contributed by atoms with Crippen LogP contribution in [-0.4, -0.2) is 18.4 Å². The molecule has 2 aromatic carbocycles. The highest BCUT2D eigenvalue weighted by molar-refractivity contribution is 6.30. The molecule has 0 aromatic heterocycles. The van der Waals surface area contributed by atoms with E-state index in [4.69, 9.17) is 11.6 Å². The fraction of sp³-hybridized carbons (Fsp3) is 0.176. The van der Waals surface area contributed by atoms with Gasteiger partial charge in [-0.25, -0.2) is 4.79 Å². The van der Waals surface area contributed by atoms with Gasteiger partial charge in [-0.1, -0.05) is 23.7 Å². The van der Waals surface area contributed by atoms with Gasteiger partial charge in [-0.2, -0.15) is 0 Å². The molecule has 0 bridgehead atoms. The van der Waals surface area contributed by atoms with Crippen LogP contribution in [0.4, 0.5) is 10.5 Å². The van der Waals surface area contributed by atoms with Crippen LogP contribution < -0.4 is 10.6 Å². The van der Waals surface area contributed by atoms with Crippen molar-refractivity contribution in [1.82, 2.24) is 5.32 Å². The van der Waals surface area contributed by atoms with Crippen molar-refractivity contribution in [3.8, 4) is 0 Å². The number of halogens is 1. The van der Waals surface area contributed by atoms with Crippen LogP contribution in [0.3, 0.4) is 0 Å². The van der Waals surface area contributed by atoms with Gasteiger partial charge in [0.1, 0.15) is 0 Å². The zero-order valence-corrected chi connectivity index (χ0v) is 13.0. The maximum atomic E-state index is 11.8. The Labute approximate surface area is 134 Å². The van der Waals surface area contributed by atoms with E-state index in [-0.39, 0.29) is 11.8 Å². The number of amides is 2. The lowest BCUT2D eigenvalue weighted by Crippen LogP contribution is -2.30. The highest BCUT2D eigenvalue weighted by Crippen LogP contribution is 2.11. The first kappa shape index (κ1) is 16.0. The molecular formula is C17H17ClN2O2. The van der Waals surface area contributed by atoms with Crippen molar-refractivity contribution in [2.45, 2.75) is 13.3 Å². The number of ketones is 1. The molecule has 0 aliphatic heterocycles. The second kappa shape index (κ2) is 7.61. The predicted octanol–water partition coefficient (Wildman–Crippen LogP) is 3.91. The van der Waals surface area contributed by atoms with Gasteiger partial charge in [0.15, 0.2) is 5.78 Å². The average molecular weight is 317 g/mol. The van der Waals surface area contributed by atoms with Gasteiger partial charge >= 0.3 is 6.03 Å². The molecule has 0 aliphatic rings. The molecule has 0 atom stereocenters. The highest BCUT2D eigenvalue weighted by atomic mass is 35.5. The molecule has 5 heteroatoms. The number of carbonyl (C=O) groups excluding carboxylic acids is 2. The number of anilines is 1. The molecule has 114 valence electrons. The molecule has 2 amide bonds. The van der Waals surface area contributed by atoms with Crippen molar-refractivity contribution in [2.75, 3.05) is 11.9 Å². The molecule has 2 aromatic rings. The van der Waals surface area contributed by atoms with Crippen molar-refractivity contribution in [3.05, 3.63) is 64.7 Å². The fourth-order valence-corrected chi connectivity index (χ4v) is 2.19. The van der Waals surface area contributed by atoms with E-state index in [1.54, 1.807) is 24.3 Å². The maximum absolute atomic E-state index is 11.8. The van der Waals surface area contributed by atoms with Crippen LogP contribution in [0.1, 0.15) is 22.8 Å². The van der Waals surface area contributed by atoms with Crippen LogP contribution >= 0.6 is 11.6 Å². The molecule has 0 radical (unpaired) electrons. The van der Waals surface area contributed by atoms with E-state index in [1.807, 2.05) is 24.3 Å². The molecule has 2 N–H and O–H groups in total. The summed E-state index contributed by atoms with van der Waals surface area (Å²) >= 11 is 5.90. The van der Waals surface area contributed by atoms with Gasteiger partial charge in [-0.05, 0) is 55.3 Å². The van der Waals surface area contributed by atoms with Crippen molar-refractivity contribution >= 4 is 29.1 Å². The predicted molar refractivity (Wildman–Crippen MR) is 88.6 cm³/mol. The fourth-order valence-electron chi connectivity index (χ4n) is 1.98. The summed E-state index contributed by atoms with van der Waals surface area (Å²) in [5, 5.41) is 6.18. The molecule has 0 saturated heterocycles. The number of nitrogens with one attached hydrogen (secondary N) is 2. The summed E-state index contributed by atoms with van der Waals surface area (Å²) in [4.78, 5) is 22.9. The molecule has 0 unspecified atom stereocenters. The topological polar surface area (TPSA) is 58.2 Å². The summed E-state index contributed by atoms with van der Waals surface area (Å²) < 4.78 is 0. The number of Topliss-reactive ketones (excluding diaryl/α,β-unsaturated/α-hetero) is 1. The van der Waals surface area contributed by atoms with Crippen molar-refractivity contribution in [2.24, 2.45) is 0 Å². The summed E-state index contributed by atoms with van der Waals surface area (Å²) in [5.74, 6) is -0.00229. The van der Waals surface area contributed by atoms with Gasteiger partial charge in [0.05, 0.1) is 0 Å². The minimum Gasteiger partial charge on any atom is -0.338 e. The Morgan fingerprint density at radius 2 is 1.82 bits per heavy atom. The normalized spacial score (nSPS) is 10.1. The quantitative estimate of drug-likeness (QED) is 0.822. The Hall–Kier alpha value is -2.33. The summed E-state index contributed by atoms with van der Waals surface area (Å²) in [7, 11) is 0. The molecular weight excluding hydrogens is 300 g/mol. The van der Waals surface area contributed by atoms with Crippen molar-refractivity contribution < 1.29 is 9.59 Å². The number of urea groups is 1. The van der Waals surface area contributed by atoms with E-state index in [0.717, 1.165) is 5.56 Å². The van der Waals surface area contributed by atoms with Crippen LogP contribution in [-0.2, 0) is 6.42 Å². The zero-order chi connectivity index (χ0) is 15.9. The van der Waals surface area contributed by atoms with E-state index in [2.05, 4.69) is 10.6 Å². The lowest BCUT2D eigenvalue weighted by Gasteiger charge is -2.08. The highest BCUT2D eigenvalue weighted by Gasteiger charge is 2.03. The average Bonchev–Trinajstić information content (AvgIpc) is 2.48. The smallest absolute Gasteiger partial charge is 0.319 e. The lowest BCUT2D eigenvalue weighted by atomic mass is 10.1. The van der Waals surface area contributed by atoms with Gasteiger partial charge in [-0.15, -0.1) is 0 Å². The van der Waals surface area contributed by atoms with Crippen LogP contribution in [0.15, 0.2) is 48.5 Å². The third-order valence-corrected chi connectivity index (χ3v) is 3.37. The van der Waals surface area contributed by atoms with Gasteiger partial charge in [0.25, 0.3) is 0 Å². The molecule has 2 rings (SSSR count). The molecule has 0 heterocycles. The van der Waals surface area contributed by atoms with Gasteiger partial charge in [-0.3, -0.25) is 4.79 Å². The number of rotatable bonds is 5. The summed E-state index contributed by atoms with van der Waals surface area (Å²) in [6.45, 7) is 2.02. The number of benzene rings is 2. The van der Waals surface area contributed by atoms with Gasteiger partial charge in [0.2, 0.25) is 0 Å². The molecule has 22 heavy (non-hydrogen) atoms. The zero-order valence-electron chi connectivity index (χ0n) is 12.2. The Bertz CT molecular complexity index is 669. The van der Waals surface area contributed by atoms with Crippen LogP contribution in [0.5, 0.6) is 0 Å². The summed E-state index contributed by atoms with van der Waals surface area (Å²) in [5.41, 5.74) is 2.33. The Morgan fingerprint density at radius 3 is 2.45 bits per heavy atom. The Kier molecular flexibility index (Phi) is 5.55. The second-order valence-corrected chi connectivity index (χ2v) is 5.33. The Morgan fingerprint density at radius 1 is 1.09 bits per heavy atom. The number of hydrogen-bond donors (Lipinski definition) is 2. The minimum absolute atomic E-state index is 0.00229. The second-order valence-electron chi connectivity index (χ2n) is 4.89. The first-order valence-electron chi connectivity index (χ1n) is 6.95. The SMILES string of the molecule is CC(=O)c1ccc(NC(=O)NCCc2cccc(Cl)c2)cc1. The maximum Gasteiger partial charge on any atom is 0.319 e.